The zero-order valence-electron chi connectivity index (χ0n) is 15.2. The first-order chi connectivity index (χ1) is 12.9. The van der Waals surface area contributed by atoms with Gasteiger partial charge in [-0.1, -0.05) is 12.1 Å². The average Bonchev–Trinajstić information content (AvgIpc) is 2.65. The van der Waals surface area contributed by atoms with Crippen LogP contribution in [0.4, 0.5) is 11.4 Å². The zero-order chi connectivity index (χ0) is 19.8. The van der Waals surface area contributed by atoms with Gasteiger partial charge in [0.15, 0.2) is 6.61 Å². The topological polar surface area (TPSA) is 103 Å². The van der Waals surface area contributed by atoms with Crippen molar-refractivity contribution in [3.8, 4) is 11.5 Å². The third kappa shape index (κ3) is 5.46. The molecule has 0 fully saturated rings. The van der Waals surface area contributed by atoms with Crippen molar-refractivity contribution in [2.75, 3.05) is 31.5 Å². The summed E-state index contributed by atoms with van der Waals surface area (Å²) < 4.78 is 15.3. The minimum absolute atomic E-state index is 0.1000. The quantitative estimate of drug-likeness (QED) is 0.724. The van der Waals surface area contributed by atoms with Crippen LogP contribution in [0.25, 0.3) is 0 Å². The molecule has 8 nitrogen and oxygen atoms in total. The molecule has 2 aromatic carbocycles. The number of nitrogens with one attached hydrogen (secondary N) is 2. The molecule has 2 rings (SSSR count). The summed E-state index contributed by atoms with van der Waals surface area (Å²) in [6.45, 7) is 0.890. The standard InChI is InChI=1S/C19H20N2O6/c1-12(22)20-13-6-4-7-14(10-13)21-17(23)11-27-19(24)18-15(25-2)8-5-9-16(18)26-3/h4-10H,11H2,1-3H3,(H,20,22)(H,21,23). The van der Waals surface area contributed by atoms with E-state index in [1.54, 1.807) is 42.5 Å². The van der Waals surface area contributed by atoms with Crippen molar-refractivity contribution in [1.82, 2.24) is 0 Å². The molecule has 142 valence electrons. The van der Waals surface area contributed by atoms with Crippen LogP contribution in [0.1, 0.15) is 17.3 Å². The molecule has 0 saturated carbocycles. The molecule has 0 saturated heterocycles. The molecule has 2 amide bonds. The Hall–Kier alpha value is -3.55. The summed E-state index contributed by atoms with van der Waals surface area (Å²) in [4.78, 5) is 35.5. The molecular formula is C19H20N2O6. The number of carbonyl (C=O) groups is 3. The second-order valence-electron chi connectivity index (χ2n) is 5.42. The maximum atomic E-state index is 12.3. The molecule has 0 atom stereocenters. The molecule has 8 heteroatoms. The van der Waals surface area contributed by atoms with Gasteiger partial charge >= 0.3 is 5.97 Å². The normalized spacial score (nSPS) is 9.89. The van der Waals surface area contributed by atoms with Crippen LogP contribution < -0.4 is 20.1 Å². The van der Waals surface area contributed by atoms with E-state index in [0.717, 1.165) is 0 Å². The number of hydrogen-bond donors (Lipinski definition) is 2. The van der Waals surface area contributed by atoms with E-state index in [9.17, 15) is 14.4 Å². The number of rotatable bonds is 7. The maximum Gasteiger partial charge on any atom is 0.346 e. The lowest BCUT2D eigenvalue weighted by Gasteiger charge is -2.12. The minimum atomic E-state index is -0.744. The fraction of sp³-hybridized carbons (Fsp3) is 0.211. The highest BCUT2D eigenvalue weighted by Gasteiger charge is 2.20. The van der Waals surface area contributed by atoms with E-state index in [-0.39, 0.29) is 23.0 Å². The second kappa shape index (κ2) is 9.23. The third-order valence-corrected chi connectivity index (χ3v) is 3.43. The predicted molar refractivity (Wildman–Crippen MR) is 99.2 cm³/mol. The van der Waals surface area contributed by atoms with Gasteiger partial charge in [0.25, 0.3) is 5.91 Å². The number of ether oxygens (including phenoxy) is 3. The van der Waals surface area contributed by atoms with Crippen LogP contribution in [0.5, 0.6) is 11.5 Å². The van der Waals surface area contributed by atoms with Gasteiger partial charge in [0.2, 0.25) is 5.91 Å². The number of benzene rings is 2. The largest absolute Gasteiger partial charge is 0.496 e. The first-order valence-corrected chi connectivity index (χ1v) is 8.00. The summed E-state index contributed by atoms with van der Waals surface area (Å²) in [7, 11) is 2.83. The van der Waals surface area contributed by atoms with Gasteiger partial charge in [0.1, 0.15) is 17.1 Å². The number of anilines is 2. The molecule has 0 spiro atoms. The first kappa shape index (κ1) is 19.8. The van der Waals surface area contributed by atoms with Gasteiger partial charge < -0.3 is 24.8 Å². The fourth-order valence-corrected chi connectivity index (χ4v) is 2.33. The first-order valence-electron chi connectivity index (χ1n) is 8.00. The van der Waals surface area contributed by atoms with Gasteiger partial charge in [-0.3, -0.25) is 9.59 Å². The highest BCUT2D eigenvalue weighted by molar-refractivity contribution is 5.99. The third-order valence-electron chi connectivity index (χ3n) is 3.43. The van der Waals surface area contributed by atoms with Crippen molar-refractivity contribution in [3.63, 3.8) is 0 Å². The van der Waals surface area contributed by atoms with E-state index >= 15 is 0 Å². The van der Waals surface area contributed by atoms with Gasteiger partial charge in [-0.2, -0.15) is 0 Å². The Morgan fingerprint density at radius 2 is 1.44 bits per heavy atom. The molecule has 0 heterocycles. The molecular weight excluding hydrogens is 352 g/mol. The van der Waals surface area contributed by atoms with Crippen molar-refractivity contribution in [3.05, 3.63) is 48.0 Å². The molecule has 2 N–H and O–H groups in total. The van der Waals surface area contributed by atoms with Crippen LogP contribution in [-0.2, 0) is 14.3 Å². The predicted octanol–water partition coefficient (Wildman–Crippen LogP) is 2.46. The average molecular weight is 372 g/mol. The number of methoxy groups -OCH3 is 2. The van der Waals surface area contributed by atoms with Crippen molar-refractivity contribution in [1.29, 1.82) is 0 Å². The summed E-state index contributed by atoms with van der Waals surface area (Å²) in [5.74, 6) is -0.938. The summed E-state index contributed by atoms with van der Waals surface area (Å²) in [6, 6.07) is 11.4. The van der Waals surface area contributed by atoms with E-state index in [2.05, 4.69) is 10.6 Å². The summed E-state index contributed by atoms with van der Waals surface area (Å²) >= 11 is 0. The lowest BCUT2D eigenvalue weighted by molar-refractivity contribution is -0.119. The van der Waals surface area contributed by atoms with Gasteiger partial charge in [-0.05, 0) is 30.3 Å². The molecule has 0 aliphatic carbocycles. The monoisotopic (exact) mass is 372 g/mol. The van der Waals surface area contributed by atoms with Crippen molar-refractivity contribution >= 4 is 29.2 Å². The van der Waals surface area contributed by atoms with Crippen LogP contribution >= 0.6 is 0 Å². The molecule has 0 aliphatic heterocycles. The maximum absolute atomic E-state index is 12.3. The highest BCUT2D eigenvalue weighted by Crippen LogP contribution is 2.28. The van der Waals surface area contributed by atoms with Crippen molar-refractivity contribution in [2.45, 2.75) is 6.92 Å². The Kier molecular flexibility index (Phi) is 6.76. The van der Waals surface area contributed by atoms with E-state index < -0.39 is 18.5 Å². The lowest BCUT2D eigenvalue weighted by atomic mass is 10.2. The van der Waals surface area contributed by atoms with Crippen LogP contribution in [0, 0.1) is 0 Å². The zero-order valence-corrected chi connectivity index (χ0v) is 15.2. The summed E-state index contributed by atoms with van der Waals surface area (Å²) in [5, 5.41) is 5.20. The van der Waals surface area contributed by atoms with Gasteiger partial charge in [-0.25, -0.2) is 4.79 Å². The minimum Gasteiger partial charge on any atom is -0.496 e. The van der Waals surface area contributed by atoms with Crippen molar-refractivity contribution < 1.29 is 28.6 Å². The van der Waals surface area contributed by atoms with E-state index in [1.165, 1.54) is 21.1 Å². The Morgan fingerprint density at radius 3 is 2.00 bits per heavy atom. The molecule has 27 heavy (non-hydrogen) atoms. The molecule has 0 aromatic heterocycles. The number of hydrogen-bond acceptors (Lipinski definition) is 6. The van der Waals surface area contributed by atoms with Gasteiger partial charge in [-0.15, -0.1) is 0 Å². The van der Waals surface area contributed by atoms with E-state index in [4.69, 9.17) is 14.2 Å². The number of esters is 1. The molecule has 0 unspecified atom stereocenters. The molecule has 0 aliphatic rings. The van der Waals surface area contributed by atoms with E-state index in [1.807, 2.05) is 0 Å². The van der Waals surface area contributed by atoms with Gasteiger partial charge in [0, 0.05) is 18.3 Å². The fourth-order valence-electron chi connectivity index (χ4n) is 2.33. The Bertz CT molecular complexity index is 828. The smallest absolute Gasteiger partial charge is 0.346 e. The highest BCUT2D eigenvalue weighted by atomic mass is 16.5. The van der Waals surface area contributed by atoms with Gasteiger partial charge in [0.05, 0.1) is 14.2 Å². The van der Waals surface area contributed by atoms with Crippen LogP contribution in [-0.4, -0.2) is 38.6 Å². The van der Waals surface area contributed by atoms with Crippen LogP contribution in [0.2, 0.25) is 0 Å². The Balaban J connectivity index is 2.00. The SMILES string of the molecule is COc1cccc(OC)c1C(=O)OCC(=O)Nc1cccc(NC(C)=O)c1. The molecule has 2 aromatic rings. The van der Waals surface area contributed by atoms with Crippen LogP contribution in [0.15, 0.2) is 42.5 Å². The summed E-state index contributed by atoms with van der Waals surface area (Å²) in [6.07, 6.45) is 0. The Labute approximate surface area is 156 Å². The van der Waals surface area contributed by atoms with Crippen molar-refractivity contribution in [2.24, 2.45) is 0 Å². The Morgan fingerprint density at radius 1 is 0.889 bits per heavy atom. The number of carbonyl (C=O) groups excluding carboxylic acids is 3. The summed E-state index contributed by atoms with van der Waals surface area (Å²) in [5.41, 5.74) is 1.09. The van der Waals surface area contributed by atoms with E-state index in [0.29, 0.717) is 11.4 Å². The lowest BCUT2D eigenvalue weighted by Crippen LogP contribution is -2.21. The molecule has 0 bridgehead atoms. The molecule has 0 radical (unpaired) electrons. The van der Waals surface area contributed by atoms with Crippen LogP contribution in [0.3, 0.4) is 0 Å². The second-order valence-corrected chi connectivity index (χ2v) is 5.42. The number of amides is 2.